The molecule has 0 bridgehead atoms. The number of β-amino-alcohol motifs (C(OH)–C–C–N with tert-alkyl or cyclic N) is 1. The van der Waals surface area contributed by atoms with Crippen molar-refractivity contribution in [1.82, 2.24) is 4.90 Å². The molecule has 0 spiro atoms. The molecular weight excluding hydrogens is 362 g/mol. The number of carbonyl (C=O) groups is 1. The number of ketones is 1. The molecule has 1 unspecified atom stereocenters. The highest BCUT2D eigenvalue weighted by Gasteiger charge is 2.27. The van der Waals surface area contributed by atoms with E-state index in [2.05, 4.69) is 36.9 Å². The van der Waals surface area contributed by atoms with Crippen molar-refractivity contribution in [2.24, 2.45) is 5.92 Å². The van der Waals surface area contributed by atoms with Crippen LogP contribution in [0.3, 0.4) is 0 Å². The van der Waals surface area contributed by atoms with Crippen LogP contribution in [-0.2, 0) is 6.42 Å². The lowest BCUT2D eigenvalue weighted by Crippen LogP contribution is -2.42. The van der Waals surface area contributed by atoms with Crippen molar-refractivity contribution in [2.75, 3.05) is 26.2 Å². The van der Waals surface area contributed by atoms with Crippen LogP contribution >= 0.6 is 0 Å². The van der Waals surface area contributed by atoms with Crippen LogP contribution in [0.25, 0.3) is 0 Å². The number of likely N-dealkylation sites (tertiary alicyclic amines) is 1. The predicted octanol–water partition coefficient (Wildman–Crippen LogP) is 4.20. The van der Waals surface area contributed by atoms with E-state index in [4.69, 9.17) is 4.74 Å². The first-order chi connectivity index (χ1) is 14.0. The van der Waals surface area contributed by atoms with Gasteiger partial charge in [-0.1, -0.05) is 42.8 Å². The van der Waals surface area contributed by atoms with Crippen LogP contribution in [0.1, 0.15) is 46.8 Å². The molecule has 4 nitrogen and oxygen atoms in total. The maximum absolute atomic E-state index is 12.9. The second-order valence-corrected chi connectivity index (χ2v) is 8.22. The van der Waals surface area contributed by atoms with Crippen LogP contribution in [0.2, 0.25) is 0 Å². The first-order valence-corrected chi connectivity index (χ1v) is 10.7. The molecule has 0 amide bonds. The van der Waals surface area contributed by atoms with Crippen molar-refractivity contribution in [3.05, 3.63) is 64.7 Å². The summed E-state index contributed by atoms with van der Waals surface area (Å²) in [5.41, 5.74) is 4.39. The Morgan fingerprint density at radius 1 is 1.14 bits per heavy atom. The van der Waals surface area contributed by atoms with Gasteiger partial charge in [0.25, 0.3) is 0 Å². The average Bonchev–Trinajstić information content (AvgIpc) is 2.73. The van der Waals surface area contributed by atoms with Crippen LogP contribution in [0.15, 0.2) is 42.5 Å². The Kier molecular flexibility index (Phi) is 7.45. The van der Waals surface area contributed by atoms with E-state index in [1.54, 1.807) is 0 Å². The Hall–Kier alpha value is -2.17. The zero-order valence-corrected chi connectivity index (χ0v) is 17.9. The lowest BCUT2D eigenvalue weighted by Gasteiger charge is -2.32. The van der Waals surface area contributed by atoms with Gasteiger partial charge in [-0.05, 0) is 69.5 Å². The number of nitrogens with zero attached hydrogens (tertiary/aromatic N) is 1. The quantitative estimate of drug-likeness (QED) is 0.681. The second kappa shape index (κ2) is 10.0. The van der Waals surface area contributed by atoms with Gasteiger partial charge < -0.3 is 14.7 Å². The third-order valence-electron chi connectivity index (χ3n) is 5.85. The summed E-state index contributed by atoms with van der Waals surface area (Å²) in [6.07, 6.45) is 2.16. The molecule has 0 aromatic heterocycles. The highest BCUT2D eigenvalue weighted by molar-refractivity contribution is 5.99. The second-order valence-electron chi connectivity index (χ2n) is 8.22. The first-order valence-electron chi connectivity index (χ1n) is 10.7. The molecule has 2 aromatic rings. The Morgan fingerprint density at radius 3 is 2.45 bits per heavy atom. The smallest absolute Gasteiger partial charge is 0.166 e. The minimum absolute atomic E-state index is 0.0816. The third-order valence-corrected chi connectivity index (χ3v) is 5.85. The standard InChI is InChI=1S/C25H33NO3/c1-4-20-6-8-23(9-7-20)29-17-22(27)16-26-13-11-21(12-14-26)25(28)24-10-5-18(2)15-19(24)3/h5-10,15,21-22,27H,4,11-14,16-17H2,1-3H3. The highest BCUT2D eigenvalue weighted by atomic mass is 16.5. The van der Waals surface area contributed by atoms with Gasteiger partial charge in [0, 0.05) is 18.0 Å². The van der Waals surface area contributed by atoms with Crippen LogP contribution in [0, 0.1) is 19.8 Å². The lowest BCUT2D eigenvalue weighted by atomic mass is 9.87. The van der Waals surface area contributed by atoms with Crippen molar-refractivity contribution in [3.8, 4) is 5.75 Å². The monoisotopic (exact) mass is 395 g/mol. The number of aliphatic hydroxyl groups excluding tert-OH is 1. The number of benzene rings is 2. The van der Waals surface area contributed by atoms with Gasteiger partial charge in [-0.25, -0.2) is 0 Å². The summed E-state index contributed by atoms with van der Waals surface area (Å²) in [7, 11) is 0. The largest absolute Gasteiger partial charge is 0.491 e. The molecule has 1 atom stereocenters. The number of rotatable bonds is 8. The number of carbonyl (C=O) groups excluding carboxylic acids is 1. The number of Topliss-reactive ketones (excluding diaryl/α,β-unsaturated/α-hetero) is 1. The molecule has 1 aliphatic rings. The van der Waals surface area contributed by atoms with Crippen molar-refractivity contribution in [1.29, 1.82) is 0 Å². The third kappa shape index (κ3) is 5.91. The van der Waals surface area contributed by atoms with Gasteiger partial charge in [0.15, 0.2) is 5.78 Å². The van der Waals surface area contributed by atoms with E-state index in [1.165, 1.54) is 11.1 Å². The number of piperidine rings is 1. The number of aryl methyl sites for hydroxylation is 3. The zero-order chi connectivity index (χ0) is 20.8. The Balaban J connectivity index is 1.43. The lowest BCUT2D eigenvalue weighted by molar-refractivity contribution is 0.0524. The van der Waals surface area contributed by atoms with E-state index in [1.807, 2.05) is 31.2 Å². The molecule has 2 aromatic carbocycles. The first kappa shape index (κ1) is 21.5. The highest BCUT2D eigenvalue weighted by Crippen LogP contribution is 2.24. The van der Waals surface area contributed by atoms with E-state index in [0.717, 1.165) is 49.2 Å². The van der Waals surface area contributed by atoms with E-state index >= 15 is 0 Å². The summed E-state index contributed by atoms with van der Waals surface area (Å²) in [5, 5.41) is 10.3. The summed E-state index contributed by atoms with van der Waals surface area (Å²) in [6.45, 7) is 8.73. The van der Waals surface area contributed by atoms with Gasteiger partial charge in [-0.3, -0.25) is 4.79 Å². The van der Waals surface area contributed by atoms with Crippen molar-refractivity contribution < 1.29 is 14.6 Å². The Labute approximate surface area is 174 Å². The van der Waals surface area contributed by atoms with E-state index in [9.17, 15) is 9.90 Å². The Morgan fingerprint density at radius 2 is 1.83 bits per heavy atom. The minimum Gasteiger partial charge on any atom is -0.491 e. The fourth-order valence-corrected chi connectivity index (χ4v) is 4.05. The van der Waals surface area contributed by atoms with Gasteiger partial charge >= 0.3 is 0 Å². The molecule has 1 N–H and O–H groups in total. The van der Waals surface area contributed by atoms with E-state index < -0.39 is 6.10 Å². The SMILES string of the molecule is CCc1ccc(OCC(O)CN2CCC(C(=O)c3ccc(C)cc3C)CC2)cc1. The van der Waals surface area contributed by atoms with E-state index in [-0.39, 0.29) is 18.3 Å². The van der Waals surface area contributed by atoms with Crippen LogP contribution in [0.4, 0.5) is 0 Å². The molecule has 0 aliphatic carbocycles. The van der Waals surface area contributed by atoms with Crippen molar-refractivity contribution in [2.45, 2.75) is 46.1 Å². The molecular formula is C25H33NO3. The molecule has 0 radical (unpaired) electrons. The molecule has 4 heteroatoms. The topological polar surface area (TPSA) is 49.8 Å². The summed E-state index contributed by atoms with van der Waals surface area (Å²) < 4.78 is 5.72. The van der Waals surface area contributed by atoms with Gasteiger partial charge in [-0.15, -0.1) is 0 Å². The normalized spacial score (nSPS) is 16.6. The summed E-state index contributed by atoms with van der Waals surface area (Å²) in [5.74, 6) is 1.14. The summed E-state index contributed by atoms with van der Waals surface area (Å²) in [4.78, 5) is 15.1. The number of ether oxygens (including phenoxy) is 1. The van der Waals surface area contributed by atoms with Crippen molar-refractivity contribution in [3.63, 3.8) is 0 Å². The number of aliphatic hydroxyl groups is 1. The predicted molar refractivity (Wildman–Crippen MR) is 117 cm³/mol. The molecule has 1 heterocycles. The number of hydrogen-bond donors (Lipinski definition) is 1. The van der Waals surface area contributed by atoms with Gasteiger partial charge in [0.05, 0.1) is 0 Å². The van der Waals surface area contributed by atoms with Crippen molar-refractivity contribution >= 4 is 5.78 Å². The molecule has 0 saturated carbocycles. The molecule has 1 aliphatic heterocycles. The minimum atomic E-state index is -0.535. The molecule has 156 valence electrons. The maximum Gasteiger partial charge on any atom is 0.166 e. The van der Waals surface area contributed by atoms with Gasteiger partial charge in [0.1, 0.15) is 18.5 Å². The molecule has 1 saturated heterocycles. The fourth-order valence-electron chi connectivity index (χ4n) is 4.05. The van der Waals surface area contributed by atoms with Crippen LogP contribution in [-0.4, -0.2) is 48.1 Å². The van der Waals surface area contributed by atoms with Crippen LogP contribution < -0.4 is 4.74 Å². The summed E-state index contributed by atoms with van der Waals surface area (Å²) >= 11 is 0. The Bertz CT molecular complexity index is 807. The zero-order valence-electron chi connectivity index (χ0n) is 17.9. The summed E-state index contributed by atoms with van der Waals surface area (Å²) in [6, 6.07) is 14.1. The average molecular weight is 396 g/mol. The van der Waals surface area contributed by atoms with Gasteiger partial charge in [0.2, 0.25) is 0 Å². The molecule has 1 fully saturated rings. The fraction of sp³-hybridized carbons (Fsp3) is 0.480. The molecule has 29 heavy (non-hydrogen) atoms. The number of hydrogen-bond acceptors (Lipinski definition) is 4. The van der Waals surface area contributed by atoms with Crippen LogP contribution in [0.5, 0.6) is 5.75 Å². The molecule has 3 rings (SSSR count). The van der Waals surface area contributed by atoms with E-state index in [0.29, 0.717) is 6.54 Å². The maximum atomic E-state index is 12.9. The van der Waals surface area contributed by atoms with Gasteiger partial charge in [-0.2, -0.15) is 0 Å².